The fourth-order valence-electron chi connectivity index (χ4n) is 1.86. The quantitative estimate of drug-likeness (QED) is 0.513. The molecule has 0 spiro atoms. The minimum absolute atomic E-state index is 0.0851. The second kappa shape index (κ2) is 7.01. The van der Waals surface area contributed by atoms with E-state index in [0.29, 0.717) is 21.0 Å². The van der Waals surface area contributed by atoms with Gasteiger partial charge in [0.2, 0.25) is 0 Å². The molecule has 7 nitrogen and oxygen atoms in total. The Bertz CT molecular complexity index is 752. The highest BCUT2D eigenvalue weighted by molar-refractivity contribution is 7.18. The van der Waals surface area contributed by atoms with E-state index in [1.165, 1.54) is 24.3 Å². The van der Waals surface area contributed by atoms with Crippen LogP contribution < -0.4 is 5.32 Å². The number of non-ortho nitro benzene ring substituents is 1. The lowest BCUT2D eigenvalue weighted by molar-refractivity contribution is -0.384. The van der Waals surface area contributed by atoms with Crippen molar-refractivity contribution in [1.29, 1.82) is 0 Å². The van der Waals surface area contributed by atoms with E-state index in [-0.39, 0.29) is 12.3 Å². The van der Waals surface area contributed by atoms with Crippen LogP contribution >= 0.6 is 11.3 Å². The fraction of sp³-hybridized carbons (Fsp3) is 0.200. The highest BCUT2D eigenvalue weighted by Crippen LogP contribution is 2.28. The Labute approximate surface area is 136 Å². The van der Waals surface area contributed by atoms with Gasteiger partial charge < -0.3 is 10.1 Å². The summed E-state index contributed by atoms with van der Waals surface area (Å²) in [5, 5.41) is 13.8. The van der Waals surface area contributed by atoms with Crippen molar-refractivity contribution in [3.05, 3.63) is 56.5 Å². The van der Waals surface area contributed by atoms with Gasteiger partial charge in [-0.1, -0.05) is 0 Å². The van der Waals surface area contributed by atoms with Crippen molar-refractivity contribution in [3.8, 4) is 0 Å². The maximum atomic E-state index is 12.1. The van der Waals surface area contributed by atoms with Gasteiger partial charge >= 0.3 is 5.97 Å². The zero-order chi connectivity index (χ0) is 17.0. The molecule has 1 heterocycles. The lowest BCUT2D eigenvalue weighted by atomic mass is 10.2. The zero-order valence-electron chi connectivity index (χ0n) is 12.5. The van der Waals surface area contributed by atoms with Crippen LogP contribution in [0.1, 0.15) is 32.5 Å². The summed E-state index contributed by atoms with van der Waals surface area (Å²) in [4.78, 5) is 34.4. The number of ether oxygens (including phenoxy) is 1. The summed E-state index contributed by atoms with van der Waals surface area (Å²) in [5.74, 6) is -0.831. The predicted molar refractivity (Wildman–Crippen MR) is 86.1 cm³/mol. The average Bonchev–Trinajstić information content (AvgIpc) is 2.88. The first kappa shape index (κ1) is 16.6. The minimum atomic E-state index is -0.532. The molecule has 0 saturated heterocycles. The van der Waals surface area contributed by atoms with Crippen LogP contribution in [-0.4, -0.2) is 23.4 Å². The van der Waals surface area contributed by atoms with E-state index in [1.54, 1.807) is 19.9 Å². The molecule has 0 unspecified atom stereocenters. The van der Waals surface area contributed by atoms with Crippen molar-refractivity contribution in [3.63, 3.8) is 0 Å². The van der Waals surface area contributed by atoms with Crippen molar-refractivity contribution in [2.75, 3.05) is 11.9 Å². The summed E-state index contributed by atoms with van der Waals surface area (Å²) >= 11 is 1.12. The Kier molecular flexibility index (Phi) is 5.07. The topological polar surface area (TPSA) is 98.5 Å². The van der Waals surface area contributed by atoms with Crippen LogP contribution in [-0.2, 0) is 4.74 Å². The highest BCUT2D eigenvalue weighted by atomic mass is 32.1. The Morgan fingerprint density at radius 1 is 1.30 bits per heavy atom. The number of nitrogens with one attached hydrogen (secondary N) is 1. The summed E-state index contributed by atoms with van der Waals surface area (Å²) in [6.07, 6.45) is 0. The lowest BCUT2D eigenvalue weighted by Crippen LogP contribution is -2.10. The molecular formula is C15H14N2O5S. The summed E-state index contributed by atoms with van der Waals surface area (Å²) in [7, 11) is 0. The number of esters is 1. The molecule has 8 heteroatoms. The number of rotatable bonds is 5. The van der Waals surface area contributed by atoms with Gasteiger partial charge in [0.15, 0.2) is 0 Å². The molecule has 23 heavy (non-hydrogen) atoms. The van der Waals surface area contributed by atoms with Crippen LogP contribution in [0.3, 0.4) is 0 Å². The zero-order valence-corrected chi connectivity index (χ0v) is 13.3. The van der Waals surface area contributed by atoms with Crippen LogP contribution in [0.4, 0.5) is 10.7 Å². The molecule has 0 saturated carbocycles. The molecule has 0 atom stereocenters. The number of nitro groups is 1. The van der Waals surface area contributed by atoms with Gasteiger partial charge in [0.05, 0.1) is 16.5 Å². The molecule has 0 radical (unpaired) electrons. The third-order valence-corrected chi connectivity index (χ3v) is 4.09. The van der Waals surface area contributed by atoms with Gasteiger partial charge in [0.25, 0.3) is 11.6 Å². The third kappa shape index (κ3) is 3.92. The molecule has 2 aromatic rings. The number of thiophene rings is 1. The largest absolute Gasteiger partial charge is 0.462 e. The van der Waals surface area contributed by atoms with Crippen molar-refractivity contribution >= 4 is 33.9 Å². The maximum absolute atomic E-state index is 12.1. The Morgan fingerprint density at radius 2 is 1.96 bits per heavy atom. The van der Waals surface area contributed by atoms with Crippen molar-refractivity contribution in [2.45, 2.75) is 13.8 Å². The fourth-order valence-corrected chi connectivity index (χ4v) is 2.82. The summed E-state index contributed by atoms with van der Waals surface area (Å²) in [6.45, 7) is 3.75. The molecule has 0 fully saturated rings. The molecule has 0 aliphatic heterocycles. The second-order valence-corrected chi connectivity index (χ2v) is 5.65. The maximum Gasteiger partial charge on any atom is 0.348 e. The Hall–Kier alpha value is -2.74. The number of hydrogen-bond donors (Lipinski definition) is 1. The van der Waals surface area contributed by atoms with Crippen molar-refractivity contribution in [2.24, 2.45) is 0 Å². The molecule has 1 amide bonds. The van der Waals surface area contributed by atoms with Crippen LogP contribution in [0, 0.1) is 17.0 Å². The van der Waals surface area contributed by atoms with E-state index >= 15 is 0 Å². The molecule has 0 aliphatic carbocycles. The lowest BCUT2D eigenvalue weighted by Gasteiger charge is -2.02. The summed E-state index contributed by atoms with van der Waals surface area (Å²) in [5.41, 5.74) is 0.921. The van der Waals surface area contributed by atoms with Gasteiger partial charge in [-0.15, -0.1) is 11.3 Å². The standard InChI is InChI=1S/C15H14N2O5S/c1-3-22-15(19)13-9(2)8-12(23-13)16-14(18)10-4-6-11(7-5-10)17(20)21/h4-8H,3H2,1-2H3,(H,16,18). The summed E-state index contributed by atoms with van der Waals surface area (Å²) < 4.78 is 4.94. The molecule has 0 aliphatic rings. The van der Waals surface area contributed by atoms with Gasteiger partial charge in [0, 0.05) is 17.7 Å². The van der Waals surface area contributed by atoms with Gasteiger partial charge in [-0.3, -0.25) is 14.9 Å². The van der Waals surface area contributed by atoms with Gasteiger partial charge in [-0.25, -0.2) is 4.79 Å². The van der Waals surface area contributed by atoms with E-state index in [2.05, 4.69) is 5.32 Å². The number of anilines is 1. The van der Waals surface area contributed by atoms with E-state index in [0.717, 1.165) is 11.3 Å². The van der Waals surface area contributed by atoms with Crippen molar-refractivity contribution in [1.82, 2.24) is 0 Å². The van der Waals surface area contributed by atoms with E-state index in [4.69, 9.17) is 4.74 Å². The molecule has 1 N–H and O–H groups in total. The number of benzene rings is 1. The number of amides is 1. The number of nitrogens with zero attached hydrogens (tertiary/aromatic N) is 1. The smallest absolute Gasteiger partial charge is 0.348 e. The molecule has 120 valence electrons. The molecule has 1 aromatic heterocycles. The first-order valence-corrected chi connectivity index (χ1v) is 7.57. The number of carbonyl (C=O) groups excluding carboxylic acids is 2. The highest BCUT2D eigenvalue weighted by Gasteiger charge is 2.16. The molecule has 2 rings (SSSR count). The molecule has 1 aromatic carbocycles. The number of hydrogen-bond acceptors (Lipinski definition) is 6. The average molecular weight is 334 g/mol. The van der Waals surface area contributed by atoms with Gasteiger partial charge in [-0.2, -0.15) is 0 Å². The molecular weight excluding hydrogens is 320 g/mol. The normalized spacial score (nSPS) is 10.2. The SMILES string of the molecule is CCOC(=O)c1sc(NC(=O)c2ccc([N+](=O)[O-])cc2)cc1C. The summed E-state index contributed by atoms with van der Waals surface area (Å²) in [6, 6.07) is 6.96. The Balaban J connectivity index is 2.12. The molecule has 0 bridgehead atoms. The van der Waals surface area contributed by atoms with Crippen molar-refractivity contribution < 1.29 is 19.2 Å². The van der Waals surface area contributed by atoms with Crippen LogP contribution in [0.5, 0.6) is 0 Å². The number of nitro benzene ring substituents is 1. The van der Waals surface area contributed by atoms with E-state index in [1.807, 2.05) is 0 Å². The second-order valence-electron chi connectivity index (χ2n) is 4.60. The van der Waals surface area contributed by atoms with Crippen LogP contribution in [0.25, 0.3) is 0 Å². The first-order chi connectivity index (χ1) is 10.9. The van der Waals surface area contributed by atoms with Crippen LogP contribution in [0.15, 0.2) is 30.3 Å². The van der Waals surface area contributed by atoms with Gasteiger partial charge in [-0.05, 0) is 37.6 Å². The van der Waals surface area contributed by atoms with Gasteiger partial charge in [0.1, 0.15) is 4.88 Å². The van der Waals surface area contributed by atoms with Crippen LogP contribution in [0.2, 0.25) is 0 Å². The van der Waals surface area contributed by atoms with E-state index in [9.17, 15) is 19.7 Å². The first-order valence-electron chi connectivity index (χ1n) is 6.75. The monoisotopic (exact) mass is 334 g/mol. The predicted octanol–water partition coefficient (Wildman–Crippen LogP) is 3.39. The minimum Gasteiger partial charge on any atom is -0.462 e. The number of carbonyl (C=O) groups is 2. The third-order valence-electron chi connectivity index (χ3n) is 2.96. The number of aryl methyl sites for hydroxylation is 1. The Morgan fingerprint density at radius 3 is 2.52 bits per heavy atom. The van der Waals surface area contributed by atoms with E-state index < -0.39 is 16.8 Å².